The third kappa shape index (κ3) is 3.41. The number of hydrogen-bond acceptors (Lipinski definition) is 6. The summed E-state index contributed by atoms with van der Waals surface area (Å²) in [6.45, 7) is 3.50. The Labute approximate surface area is 176 Å². The van der Waals surface area contributed by atoms with Crippen molar-refractivity contribution >= 4 is 33.0 Å². The van der Waals surface area contributed by atoms with E-state index in [0.29, 0.717) is 22.8 Å². The molecule has 30 heavy (non-hydrogen) atoms. The minimum Gasteiger partial charge on any atom is -0.497 e. The number of thiophene rings is 1. The van der Waals surface area contributed by atoms with Gasteiger partial charge in [0.2, 0.25) is 5.91 Å². The Balaban J connectivity index is 1.59. The van der Waals surface area contributed by atoms with Crippen molar-refractivity contribution in [3.63, 3.8) is 0 Å². The fraction of sp³-hybridized carbons (Fsp3) is 0.286. The number of nitrogens with zero attached hydrogens (tertiary/aromatic N) is 3. The Morgan fingerprint density at radius 2 is 2.03 bits per heavy atom. The lowest BCUT2D eigenvalue weighted by atomic mass is 10.1. The summed E-state index contributed by atoms with van der Waals surface area (Å²) >= 11 is 1.55. The largest absolute Gasteiger partial charge is 0.497 e. The Morgan fingerprint density at radius 3 is 2.77 bits per heavy atom. The highest BCUT2D eigenvalue weighted by Gasteiger charge is 2.18. The van der Waals surface area contributed by atoms with Crippen LogP contribution in [0.4, 0.5) is 0 Å². The van der Waals surface area contributed by atoms with Crippen LogP contribution in [-0.4, -0.2) is 34.3 Å². The lowest BCUT2D eigenvalue weighted by Crippen LogP contribution is -2.36. The number of aromatic nitrogens is 3. The molecule has 4 rings (SSSR count). The molecule has 8 nitrogen and oxygen atoms in total. The maximum atomic E-state index is 12.9. The van der Waals surface area contributed by atoms with E-state index in [1.807, 2.05) is 41.8 Å². The van der Waals surface area contributed by atoms with Crippen LogP contribution >= 0.6 is 11.3 Å². The maximum absolute atomic E-state index is 12.9. The van der Waals surface area contributed by atoms with Gasteiger partial charge in [0.25, 0.3) is 5.56 Å². The van der Waals surface area contributed by atoms with Crippen LogP contribution in [-0.2, 0) is 11.3 Å². The second-order valence-corrected chi connectivity index (χ2v) is 7.85. The van der Waals surface area contributed by atoms with Gasteiger partial charge in [-0.1, -0.05) is 0 Å². The van der Waals surface area contributed by atoms with Gasteiger partial charge in [0.15, 0.2) is 0 Å². The van der Waals surface area contributed by atoms with Crippen LogP contribution in [0.25, 0.3) is 15.7 Å². The highest BCUT2D eigenvalue weighted by Crippen LogP contribution is 2.29. The van der Waals surface area contributed by atoms with E-state index < -0.39 is 0 Å². The fourth-order valence-corrected chi connectivity index (χ4v) is 4.53. The highest BCUT2D eigenvalue weighted by atomic mass is 32.1. The number of methoxy groups -OCH3 is 2. The summed E-state index contributed by atoms with van der Waals surface area (Å²) in [6.07, 6.45) is 0. The van der Waals surface area contributed by atoms with Gasteiger partial charge in [-0.05, 0) is 49.6 Å². The van der Waals surface area contributed by atoms with Crippen molar-refractivity contribution in [2.75, 3.05) is 14.2 Å². The van der Waals surface area contributed by atoms with Crippen LogP contribution < -0.4 is 20.3 Å². The molecule has 0 bridgehead atoms. The molecule has 3 aromatic heterocycles. The Morgan fingerprint density at radius 1 is 1.23 bits per heavy atom. The molecule has 1 N–H and O–H groups in total. The third-order valence-corrected chi connectivity index (χ3v) is 5.94. The second kappa shape index (κ2) is 7.83. The molecule has 1 amide bonds. The molecule has 0 aliphatic carbocycles. The molecule has 4 aromatic rings. The van der Waals surface area contributed by atoms with Gasteiger partial charge in [0.05, 0.1) is 20.3 Å². The van der Waals surface area contributed by atoms with Crippen molar-refractivity contribution < 1.29 is 14.3 Å². The van der Waals surface area contributed by atoms with Gasteiger partial charge < -0.3 is 14.8 Å². The van der Waals surface area contributed by atoms with Crippen molar-refractivity contribution in [2.24, 2.45) is 0 Å². The van der Waals surface area contributed by atoms with Crippen LogP contribution in [0.15, 0.2) is 40.5 Å². The van der Waals surface area contributed by atoms with Crippen molar-refractivity contribution in [1.82, 2.24) is 19.5 Å². The molecule has 3 heterocycles. The summed E-state index contributed by atoms with van der Waals surface area (Å²) < 4.78 is 13.7. The van der Waals surface area contributed by atoms with Crippen LogP contribution in [0, 0.1) is 6.92 Å². The van der Waals surface area contributed by atoms with E-state index in [9.17, 15) is 9.59 Å². The van der Waals surface area contributed by atoms with Crippen molar-refractivity contribution in [2.45, 2.75) is 26.4 Å². The Kier molecular flexibility index (Phi) is 5.21. The molecule has 0 fully saturated rings. The second-order valence-electron chi connectivity index (χ2n) is 6.95. The minimum atomic E-state index is -0.346. The number of benzene rings is 1. The van der Waals surface area contributed by atoms with Crippen molar-refractivity contribution in [3.8, 4) is 11.5 Å². The number of hydrogen-bond donors (Lipinski definition) is 1. The van der Waals surface area contributed by atoms with Crippen LogP contribution in [0.2, 0.25) is 0 Å². The third-order valence-electron chi connectivity index (χ3n) is 5.03. The Hall–Kier alpha value is -3.33. The number of nitrogens with one attached hydrogen (secondary N) is 1. The number of fused-ring (bicyclic) bond motifs is 3. The molecule has 0 aliphatic rings. The van der Waals surface area contributed by atoms with Gasteiger partial charge >= 0.3 is 0 Å². The molecule has 1 atom stereocenters. The first-order valence-electron chi connectivity index (χ1n) is 9.40. The van der Waals surface area contributed by atoms with Gasteiger partial charge in [-0.15, -0.1) is 11.3 Å². The normalized spacial score (nSPS) is 12.3. The zero-order valence-electron chi connectivity index (χ0n) is 17.1. The summed E-state index contributed by atoms with van der Waals surface area (Å²) in [5.74, 6) is 1.64. The molecule has 0 aliphatic heterocycles. The molecule has 9 heteroatoms. The van der Waals surface area contributed by atoms with Crippen LogP contribution in [0.1, 0.15) is 24.4 Å². The summed E-state index contributed by atoms with van der Waals surface area (Å²) in [5.41, 5.74) is 0.995. The molecule has 0 saturated heterocycles. The molecule has 0 radical (unpaired) electrons. The molecular formula is C21H22N4O4S. The highest BCUT2D eigenvalue weighted by molar-refractivity contribution is 7.16. The number of aryl methyl sites for hydroxylation is 1. The molecular weight excluding hydrogens is 404 g/mol. The van der Waals surface area contributed by atoms with E-state index in [1.54, 1.807) is 37.7 Å². The molecule has 1 unspecified atom stereocenters. The van der Waals surface area contributed by atoms with E-state index in [-0.39, 0.29) is 24.1 Å². The first kappa shape index (κ1) is 20.0. The molecule has 1 aromatic carbocycles. The van der Waals surface area contributed by atoms with Crippen molar-refractivity contribution in [3.05, 3.63) is 57.5 Å². The summed E-state index contributed by atoms with van der Waals surface area (Å²) in [6, 6.07) is 8.85. The van der Waals surface area contributed by atoms with E-state index in [0.717, 1.165) is 15.8 Å². The van der Waals surface area contributed by atoms with Gasteiger partial charge in [-0.2, -0.15) is 5.10 Å². The zero-order chi connectivity index (χ0) is 21.4. The molecule has 0 saturated carbocycles. The topological polar surface area (TPSA) is 86.9 Å². The zero-order valence-corrected chi connectivity index (χ0v) is 17.9. The SMILES string of the molecule is COc1ccc(OC)c(C(C)NC(=O)Cn2nc(C)n3c(cc4ccsc43)c2=O)c1. The number of rotatable bonds is 6. The average molecular weight is 426 g/mol. The summed E-state index contributed by atoms with van der Waals surface area (Å²) in [4.78, 5) is 26.6. The minimum absolute atomic E-state index is 0.175. The lowest BCUT2D eigenvalue weighted by Gasteiger charge is -2.18. The number of ether oxygens (including phenoxy) is 2. The van der Waals surface area contributed by atoms with Crippen molar-refractivity contribution in [1.29, 1.82) is 0 Å². The van der Waals surface area contributed by atoms with E-state index in [4.69, 9.17) is 9.47 Å². The lowest BCUT2D eigenvalue weighted by molar-refractivity contribution is -0.122. The van der Waals surface area contributed by atoms with Gasteiger partial charge in [0, 0.05) is 10.9 Å². The number of carbonyl (C=O) groups excluding carboxylic acids is 1. The van der Waals surface area contributed by atoms with E-state index in [2.05, 4.69) is 10.4 Å². The predicted molar refractivity (Wildman–Crippen MR) is 116 cm³/mol. The quantitative estimate of drug-likeness (QED) is 0.512. The standard InChI is InChI=1S/C21H22N4O4S/c1-12(16-10-15(28-3)5-6-18(16)29-4)22-19(26)11-24-20(27)17-9-14-7-8-30-21(14)25(17)13(2)23-24/h5-10,12H,11H2,1-4H3,(H,22,26). The molecule has 0 spiro atoms. The summed E-state index contributed by atoms with van der Waals surface area (Å²) in [7, 11) is 3.15. The first-order valence-corrected chi connectivity index (χ1v) is 10.3. The fourth-order valence-electron chi connectivity index (χ4n) is 3.59. The maximum Gasteiger partial charge on any atom is 0.291 e. The van der Waals surface area contributed by atoms with Crippen LogP contribution in [0.5, 0.6) is 11.5 Å². The number of amides is 1. The monoisotopic (exact) mass is 426 g/mol. The Bertz CT molecular complexity index is 1300. The van der Waals surface area contributed by atoms with E-state index in [1.165, 1.54) is 4.68 Å². The first-order chi connectivity index (χ1) is 14.4. The number of carbonyl (C=O) groups is 1. The van der Waals surface area contributed by atoms with Gasteiger partial charge in [0.1, 0.15) is 34.2 Å². The van der Waals surface area contributed by atoms with Crippen LogP contribution in [0.3, 0.4) is 0 Å². The molecule has 156 valence electrons. The smallest absolute Gasteiger partial charge is 0.291 e. The predicted octanol–water partition coefficient (Wildman–Crippen LogP) is 2.91. The summed E-state index contributed by atoms with van der Waals surface area (Å²) in [5, 5.41) is 10.2. The van der Waals surface area contributed by atoms with E-state index >= 15 is 0 Å². The van der Waals surface area contributed by atoms with Gasteiger partial charge in [-0.25, -0.2) is 4.68 Å². The van der Waals surface area contributed by atoms with Gasteiger partial charge in [-0.3, -0.25) is 14.0 Å². The average Bonchev–Trinajstić information content (AvgIpc) is 3.32.